The third-order valence-electron chi connectivity index (χ3n) is 2.93. The number of nitrogens with one attached hydrogen (secondary N) is 1. The molecule has 0 atom stereocenters. The molecule has 4 nitrogen and oxygen atoms in total. The Bertz CT molecular complexity index is 695. The molecule has 2 rings (SSSR count). The lowest BCUT2D eigenvalue weighted by atomic mass is 10.2. The molecule has 0 aliphatic rings. The fourth-order valence-corrected chi connectivity index (χ4v) is 1.93. The zero-order chi connectivity index (χ0) is 15.7. The molecule has 1 aromatic heterocycles. The molecule has 0 fully saturated rings. The number of hydrogen-bond donors (Lipinski definition) is 1. The van der Waals surface area contributed by atoms with Crippen molar-refractivity contribution in [2.75, 3.05) is 5.32 Å². The van der Waals surface area contributed by atoms with Crippen LogP contribution in [0.4, 0.5) is 18.9 Å². The van der Waals surface area contributed by atoms with E-state index in [2.05, 4.69) is 10.4 Å². The number of nitrogens with zero attached hydrogens (tertiary/aromatic N) is 2. The Balaban J connectivity index is 2.26. The predicted octanol–water partition coefficient (Wildman–Crippen LogP) is 3.44. The molecule has 112 valence electrons. The number of aromatic nitrogens is 2. The third kappa shape index (κ3) is 2.91. The molecule has 1 N–H and O–H groups in total. The van der Waals surface area contributed by atoms with Crippen molar-refractivity contribution in [2.24, 2.45) is 0 Å². The molecule has 0 bridgehead atoms. The number of halogens is 3. The van der Waals surface area contributed by atoms with Crippen molar-refractivity contribution in [3.63, 3.8) is 0 Å². The average molecular weight is 297 g/mol. The van der Waals surface area contributed by atoms with E-state index in [0.717, 1.165) is 17.8 Å². The van der Waals surface area contributed by atoms with Gasteiger partial charge in [0, 0.05) is 11.7 Å². The number of carbonyl (C=O) groups excluding carboxylic acids is 1. The number of benzene rings is 1. The minimum atomic E-state index is -1.63. The van der Waals surface area contributed by atoms with Crippen LogP contribution in [0, 0.1) is 24.4 Å². The first-order valence-corrected chi connectivity index (χ1v) is 6.32. The first-order chi connectivity index (χ1) is 9.81. The van der Waals surface area contributed by atoms with Gasteiger partial charge in [-0.3, -0.25) is 9.48 Å². The highest BCUT2D eigenvalue weighted by Gasteiger charge is 2.18. The molecule has 21 heavy (non-hydrogen) atoms. The largest absolute Gasteiger partial charge is 0.318 e. The summed E-state index contributed by atoms with van der Waals surface area (Å²) in [6.07, 6.45) is 0. The first-order valence-electron chi connectivity index (χ1n) is 6.32. The average Bonchev–Trinajstić information content (AvgIpc) is 2.82. The number of rotatable bonds is 3. The van der Waals surface area contributed by atoms with Crippen LogP contribution in [0.2, 0.25) is 0 Å². The third-order valence-corrected chi connectivity index (χ3v) is 2.93. The zero-order valence-electron chi connectivity index (χ0n) is 11.7. The van der Waals surface area contributed by atoms with Crippen LogP contribution in [-0.2, 0) is 0 Å². The molecule has 0 saturated heterocycles. The minimum Gasteiger partial charge on any atom is -0.318 e. The molecule has 0 unspecified atom stereocenters. The van der Waals surface area contributed by atoms with Crippen LogP contribution < -0.4 is 5.32 Å². The van der Waals surface area contributed by atoms with Crippen LogP contribution in [0.5, 0.6) is 0 Å². The van der Waals surface area contributed by atoms with Gasteiger partial charge < -0.3 is 5.32 Å². The Morgan fingerprint density at radius 2 is 1.90 bits per heavy atom. The lowest BCUT2D eigenvalue weighted by Gasteiger charge is -2.07. The number of carbonyl (C=O) groups is 1. The topological polar surface area (TPSA) is 46.9 Å². The van der Waals surface area contributed by atoms with Gasteiger partial charge in [-0.05, 0) is 39.0 Å². The Morgan fingerprint density at radius 3 is 2.48 bits per heavy atom. The molecule has 1 amide bonds. The summed E-state index contributed by atoms with van der Waals surface area (Å²) in [5.41, 5.74) is 0.405. The van der Waals surface area contributed by atoms with Crippen LogP contribution in [0.25, 0.3) is 0 Å². The molecule has 0 saturated carbocycles. The number of amides is 1. The van der Waals surface area contributed by atoms with Crippen molar-refractivity contribution in [2.45, 2.75) is 26.8 Å². The molecule has 0 aliphatic carbocycles. The molecular formula is C14H14F3N3O. The van der Waals surface area contributed by atoms with E-state index in [0.29, 0.717) is 0 Å². The highest BCUT2D eigenvalue weighted by Crippen LogP contribution is 2.20. The van der Waals surface area contributed by atoms with Gasteiger partial charge in [0.2, 0.25) is 0 Å². The van der Waals surface area contributed by atoms with Crippen LogP contribution in [0.3, 0.4) is 0 Å². The molecule has 7 heteroatoms. The number of hydrogen-bond acceptors (Lipinski definition) is 2. The summed E-state index contributed by atoms with van der Waals surface area (Å²) in [6.45, 7) is 5.58. The Hall–Kier alpha value is -2.31. The van der Waals surface area contributed by atoms with E-state index in [1.54, 1.807) is 11.6 Å². The maximum absolute atomic E-state index is 13.5. The van der Waals surface area contributed by atoms with Gasteiger partial charge in [0.15, 0.2) is 23.1 Å². The summed E-state index contributed by atoms with van der Waals surface area (Å²) in [5, 5.41) is 6.27. The van der Waals surface area contributed by atoms with Crippen LogP contribution in [0.1, 0.15) is 36.1 Å². The summed E-state index contributed by atoms with van der Waals surface area (Å²) in [4.78, 5) is 12.0. The molecule has 0 spiro atoms. The fraction of sp³-hybridized carbons (Fsp3) is 0.286. The minimum absolute atomic E-state index is 0.0616. The van der Waals surface area contributed by atoms with Gasteiger partial charge in [0.05, 0.1) is 5.69 Å². The van der Waals surface area contributed by atoms with Gasteiger partial charge in [0.25, 0.3) is 5.91 Å². The molecule has 0 aliphatic heterocycles. The molecule has 1 aromatic carbocycles. The second-order valence-electron chi connectivity index (χ2n) is 4.89. The second kappa shape index (κ2) is 5.59. The highest BCUT2D eigenvalue weighted by molar-refractivity contribution is 6.03. The van der Waals surface area contributed by atoms with E-state index in [1.807, 2.05) is 13.8 Å². The van der Waals surface area contributed by atoms with E-state index in [-0.39, 0.29) is 11.7 Å². The van der Waals surface area contributed by atoms with Crippen molar-refractivity contribution in [3.8, 4) is 0 Å². The SMILES string of the molecule is Cc1cc(C(=O)Nc2ccc(F)c(F)c2F)nn1C(C)C. The van der Waals surface area contributed by atoms with Crippen molar-refractivity contribution in [1.29, 1.82) is 0 Å². The van der Waals surface area contributed by atoms with Gasteiger partial charge in [0.1, 0.15) is 0 Å². The Kier molecular flexibility index (Phi) is 4.02. The maximum Gasteiger partial charge on any atom is 0.276 e. The van der Waals surface area contributed by atoms with Crippen molar-refractivity contribution in [1.82, 2.24) is 9.78 Å². The first kappa shape index (κ1) is 15.1. The van der Waals surface area contributed by atoms with Crippen molar-refractivity contribution >= 4 is 11.6 Å². The lowest BCUT2D eigenvalue weighted by molar-refractivity contribution is 0.102. The number of aryl methyl sites for hydroxylation is 1. The molecular weight excluding hydrogens is 283 g/mol. The second-order valence-corrected chi connectivity index (χ2v) is 4.89. The van der Waals surface area contributed by atoms with E-state index < -0.39 is 29.0 Å². The van der Waals surface area contributed by atoms with E-state index >= 15 is 0 Å². The van der Waals surface area contributed by atoms with Crippen LogP contribution in [0.15, 0.2) is 18.2 Å². The van der Waals surface area contributed by atoms with Gasteiger partial charge in [-0.25, -0.2) is 13.2 Å². The van der Waals surface area contributed by atoms with Crippen molar-refractivity contribution < 1.29 is 18.0 Å². The molecule has 2 aromatic rings. The summed E-state index contributed by atoms with van der Waals surface area (Å²) in [5.74, 6) is -5.08. The summed E-state index contributed by atoms with van der Waals surface area (Å²) < 4.78 is 41.1. The quantitative estimate of drug-likeness (QED) is 0.882. The highest BCUT2D eigenvalue weighted by atomic mass is 19.2. The number of anilines is 1. The summed E-state index contributed by atoms with van der Waals surface area (Å²) in [6, 6.07) is 3.29. The zero-order valence-corrected chi connectivity index (χ0v) is 11.7. The Labute approximate surface area is 119 Å². The van der Waals surface area contributed by atoms with Crippen LogP contribution >= 0.6 is 0 Å². The maximum atomic E-state index is 13.5. The normalized spacial score (nSPS) is 11.0. The van der Waals surface area contributed by atoms with Gasteiger partial charge in [-0.2, -0.15) is 5.10 Å². The van der Waals surface area contributed by atoms with Crippen molar-refractivity contribution in [3.05, 3.63) is 47.0 Å². The standard InChI is InChI=1S/C14H14F3N3O/c1-7(2)20-8(3)6-11(19-20)14(21)18-10-5-4-9(15)12(16)13(10)17/h4-7H,1-3H3,(H,18,21). The predicted molar refractivity (Wildman–Crippen MR) is 71.6 cm³/mol. The summed E-state index contributed by atoms with van der Waals surface area (Å²) in [7, 11) is 0. The van der Waals surface area contributed by atoms with E-state index in [1.165, 1.54) is 6.07 Å². The van der Waals surface area contributed by atoms with Gasteiger partial charge in [-0.1, -0.05) is 0 Å². The van der Waals surface area contributed by atoms with Crippen LogP contribution in [-0.4, -0.2) is 15.7 Å². The summed E-state index contributed by atoms with van der Waals surface area (Å²) >= 11 is 0. The molecule has 1 heterocycles. The fourth-order valence-electron chi connectivity index (χ4n) is 1.93. The van der Waals surface area contributed by atoms with E-state index in [9.17, 15) is 18.0 Å². The van der Waals surface area contributed by atoms with Gasteiger partial charge >= 0.3 is 0 Å². The molecule has 0 radical (unpaired) electrons. The Morgan fingerprint density at radius 1 is 1.24 bits per heavy atom. The smallest absolute Gasteiger partial charge is 0.276 e. The van der Waals surface area contributed by atoms with E-state index in [4.69, 9.17) is 0 Å². The lowest BCUT2D eigenvalue weighted by Crippen LogP contribution is -2.15. The van der Waals surface area contributed by atoms with Gasteiger partial charge in [-0.15, -0.1) is 0 Å². The monoisotopic (exact) mass is 297 g/mol.